The highest BCUT2D eigenvalue weighted by Crippen LogP contribution is 2.22. The third kappa shape index (κ3) is 4.84. The van der Waals surface area contributed by atoms with E-state index in [2.05, 4.69) is 10.6 Å². The van der Waals surface area contributed by atoms with Crippen molar-refractivity contribution < 1.29 is 34.2 Å². The summed E-state index contributed by atoms with van der Waals surface area (Å²) in [4.78, 5) is 58.8. The number of hydrogen-bond acceptors (Lipinski definition) is 6. The number of nitrogens with one attached hydrogen (secondary N) is 2. The number of carboxylic acids is 2. The lowest BCUT2D eigenvalue weighted by Gasteiger charge is -2.22. The van der Waals surface area contributed by atoms with Crippen molar-refractivity contribution in [3.63, 3.8) is 0 Å². The maximum absolute atomic E-state index is 12.2. The lowest BCUT2D eigenvalue weighted by Crippen LogP contribution is -2.49. The van der Waals surface area contributed by atoms with E-state index in [4.69, 9.17) is 5.11 Å². The molecule has 0 aromatic heterocycles. The van der Waals surface area contributed by atoms with Crippen molar-refractivity contribution >= 4 is 41.4 Å². The van der Waals surface area contributed by atoms with E-state index in [-0.39, 0.29) is 31.0 Å². The van der Waals surface area contributed by atoms with E-state index in [0.29, 0.717) is 12.2 Å². The number of hydrogen-bond donors (Lipinski definition) is 4. The summed E-state index contributed by atoms with van der Waals surface area (Å²) in [5, 5.41) is 23.0. The first kappa shape index (κ1) is 19.0. The van der Waals surface area contributed by atoms with Crippen LogP contribution in [0.25, 0.3) is 0 Å². The minimum atomic E-state index is -1.30. The van der Waals surface area contributed by atoms with E-state index in [0.717, 1.165) is 0 Å². The van der Waals surface area contributed by atoms with Crippen molar-refractivity contribution in [3.05, 3.63) is 0 Å². The van der Waals surface area contributed by atoms with E-state index in [1.54, 1.807) is 0 Å². The second-order valence-electron chi connectivity index (χ2n) is 5.81. The summed E-state index contributed by atoms with van der Waals surface area (Å²) in [7, 11) is 0. The van der Waals surface area contributed by atoms with Crippen LogP contribution in [-0.4, -0.2) is 74.5 Å². The molecule has 0 unspecified atom stereocenters. The molecule has 2 saturated heterocycles. The molecule has 10 nitrogen and oxygen atoms in total. The first-order chi connectivity index (χ1) is 11.8. The largest absolute Gasteiger partial charge is 0.480 e. The van der Waals surface area contributed by atoms with Gasteiger partial charge in [0.1, 0.15) is 18.1 Å². The number of nitrogens with zero attached hydrogens (tertiary/aromatic N) is 1. The molecule has 25 heavy (non-hydrogen) atoms. The van der Waals surface area contributed by atoms with Gasteiger partial charge in [-0.2, -0.15) is 0 Å². The Morgan fingerprint density at radius 3 is 2.60 bits per heavy atom. The van der Waals surface area contributed by atoms with Gasteiger partial charge < -0.3 is 25.7 Å². The van der Waals surface area contributed by atoms with Crippen LogP contribution in [0.2, 0.25) is 0 Å². The van der Waals surface area contributed by atoms with E-state index < -0.39 is 41.9 Å². The summed E-state index contributed by atoms with van der Waals surface area (Å²) >= 11 is 1.31. The molecule has 0 aliphatic carbocycles. The fourth-order valence-electron chi connectivity index (χ4n) is 2.64. The second kappa shape index (κ2) is 8.19. The average molecular weight is 373 g/mol. The standard InChI is InChI=1S/C14H19N3O7S/c18-10-3-1-7(15-10)12(20)16-8(13(21)22)2-4-11(19)17-6-25-5-9(17)14(23)24/h7-9H,1-6H2,(H,15,18)(H,16,20)(H,21,22)(H,23,24)/t7-,8-,9-/m0/s1. The minimum absolute atomic E-state index is 0.159. The summed E-state index contributed by atoms with van der Waals surface area (Å²) < 4.78 is 0. The Morgan fingerprint density at radius 1 is 1.32 bits per heavy atom. The molecule has 2 fully saturated rings. The Labute approximate surface area is 147 Å². The van der Waals surface area contributed by atoms with Gasteiger partial charge in [-0.3, -0.25) is 14.4 Å². The molecule has 0 spiro atoms. The van der Waals surface area contributed by atoms with E-state index in [1.165, 1.54) is 16.7 Å². The van der Waals surface area contributed by atoms with Gasteiger partial charge >= 0.3 is 11.9 Å². The molecule has 2 aliphatic heterocycles. The number of thioether (sulfide) groups is 1. The van der Waals surface area contributed by atoms with Gasteiger partial charge in [-0.1, -0.05) is 0 Å². The quantitative estimate of drug-likeness (QED) is 0.425. The molecular weight excluding hydrogens is 354 g/mol. The van der Waals surface area contributed by atoms with Crippen LogP contribution < -0.4 is 10.6 Å². The number of carbonyl (C=O) groups is 5. The summed E-state index contributed by atoms with van der Waals surface area (Å²) in [5.74, 6) is -3.20. The minimum Gasteiger partial charge on any atom is -0.480 e. The van der Waals surface area contributed by atoms with Crippen molar-refractivity contribution in [2.75, 3.05) is 11.6 Å². The number of carboxylic acid groups (broad SMARTS) is 2. The zero-order chi connectivity index (χ0) is 18.6. The molecule has 2 aliphatic rings. The van der Waals surface area contributed by atoms with Crippen LogP contribution in [0.15, 0.2) is 0 Å². The maximum Gasteiger partial charge on any atom is 0.327 e. The summed E-state index contributed by atoms with van der Waals surface area (Å²) in [6, 6.07) is -2.96. The molecule has 3 amide bonds. The van der Waals surface area contributed by atoms with E-state index in [1.807, 2.05) is 0 Å². The SMILES string of the molecule is O=C1CC[C@@H](C(=O)N[C@@H](CCC(=O)N2CSC[C@H]2C(=O)O)C(=O)O)N1. The van der Waals surface area contributed by atoms with Crippen molar-refractivity contribution in [1.29, 1.82) is 0 Å². The van der Waals surface area contributed by atoms with Crippen LogP contribution in [0.4, 0.5) is 0 Å². The monoisotopic (exact) mass is 373 g/mol. The highest BCUT2D eigenvalue weighted by atomic mass is 32.2. The Hall–Kier alpha value is -2.30. The fraction of sp³-hybridized carbons (Fsp3) is 0.643. The van der Waals surface area contributed by atoms with Crippen LogP contribution in [0.1, 0.15) is 25.7 Å². The number of aliphatic carboxylic acids is 2. The topological polar surface area (TPSA) is 153 Å². The lowest BCUT2D eigenvalue weighted by molar-refractivity contribution is -0.148. The van der Waals surface area contributed by atoms with Gasteiger partial charge in [-0.25, -0.2) is 9.59 Å². The molecule has 4 N–H and O–H groups in total. The van der Waals surface area contributed by atoms with Crippen molar-refractivity contribution in [3.8, 4) is 0 Å². The van der Waals surface area contributed by atoms with E-state index >= 15 is 0 Å². The first-order valence-corrected chi connectivity index (χ1v) is 8.87. The molecule has 0 radical (unpaired) electrons. The highest BCUT2D eigenvalue weighted by Gasteiger charge is 2.35. The highest BCUT2D eigenvalue weighted by molar-refractivity contribution is 7.99. The number of amides is 3. The zero-order valence-electron chi connectivity index (χ0n) is 13.3. The molecule has 2 heterocycles. The van der Waals surface area contributed by atoms with Gasteiger partial charge in [-0.15, -0.1) is 11.8 Å². The van der Waals surface area contributed by atoms with E-state index in [9.17, 15) is 29.1 Å². The van der Waals surface area contributed by atoms with Crippen molar-refractivity contribution in [2.45, 2.75) is 43.8 Å². The van der Waals surface area contributed by atoms with Crippen molar-refractivity contribution in [1.82, 2.24) is 15.5 Å². The van der Waals surface area contributed by atoms with Crippen LogP contribution in [-0.2, 0) is 24.0 Å². The van der Waals surface area contributed by atoms with Gasteiger partial charge in [-0.05, 0) is 12.8 Å². The molecule has 11 heteroatoms. The molecule has 3 atom stereocenters. The summed E-state index contributed by atoms with van der Waals surface area (Å²) in [6.45, 7) is 0. The molecular formula is C14H19N3O7S. The van der Waals surface area contributed by atoms with Crippen LogP contribution in [0.3, 0.4) is 0 Å². The van der Waals surface area contributed by atoms with Gasteiger partial charge in [0, 0.05) is 18.6 Å². The second-order valence-corrected chi connectivity index (χ2v) is 6.81. The number of carbonyl (C=O) groups excluding carboxylic acids is 3. The lowest BCUT2D eigenvalue weighted by atomic mass is 10.1. The van der Waals surface area contributed by atoms with Crippen LogP contribution in [0.5, 0.6) is 0 Å². The third-order valence-electron chi connectivity index (χ3n) is 4.06. The molecule has 0 aromatic carbocycles. The predicted molar refractivity (Wildman–Crippen MR) is 85.6 cm³/mol. The van der Waals surface area contributed by atoms with Gasteiger partial charge in [0.15, 0.2) is 0 Å². The molecule has 0 bridgehead atoms. The Balaban J connectivity index is 1.87. The van der Waals surface area contributed by atoms with Gasteiger partial charge in [0.05, 0.1) is 5.88 Å². The van der Waals surface area contributed by atoms with Gasteiger partial charge in [0.25, 0.3) is 0 Å². The Bertz CT molecular complexity index is 597. The molecule has 0 saturated carbocycles. The number of rotatable bonds is 7. The first-order valence-electron chi connectivity index (χ1n) is 7.72. The van der Waals surface area contributed by atoms with Gasteiger partial charge in [0.2, 0.25) is 17.7 Å². The molecule has 138 valence electrons. The normalized spacial score (nSPS) is 23.8. The predicted octanol–water partition coefficient (Wildman–Crippen LogP) is -1.40. The summed E-state index contributed by atoms with van der Waals surface area (Å²) in [5.41, 5.74) is 0. The maximum atomic E-state index is 12.2. The van der Waals surface area contributed by atoms with Crippen LogP contribution in [0, 0.1) is 0 Å². The average Bonchev–Trinajstić information content (AvgIpc) is 3.19. The molecule has 0 aromatic rings. The molecule has 2 rings (SSSR count). The third-order valence-corrected chi connectivity index (χ3v) is 5.07. The Kier molecular flexibility index (Phi) is 6.23. The fourth-order valence-corrected chi connectivity index (χ4v) is 3.82. The van der Waals surface area contributed by atoms with Crippen LogP contribution >= 0.6 is 11.8 Å². The van der Waals surface area contributed by atoms with Crippen molar-refractivity contribution in [2.24, 2.45) is 0 Å². The zero-order valence-corrected chi connectivity index (χ0v) is 14.1. The Morgan fingerprint density at radius 2 is 2.04 bits per heavy atom. The summed E-state index contributed by atoms with van der Waals surface area (Å²) in [6.07, 6.45) is 0.144. The smallest absolute Gasteiger partial charge is 0.327 e.